The number of carbonyl (C=O) groups is 1. The number of aromatic nitrogens is 3. The van der Waals surface area contributed by atoms with Crippen LogP contribution in [0.15, 0.2) is 48.1 Å². The number of rotatable bonds is 7. The van der Waals surface area contributed by atoms with E-state index in [1.165, 1.54) is 11.3 Å². The van der Waals surface area contributed by atoms with Gasteiger partial charge in [0.2, 0.25) is 0 Å². The number of fused-ring (bicyclic) bond motifs is 1. The minimum atomic E-state index is -0.0600. The standard InChI is InChI=1S/C20H21N3OS/c1-3-6-15(2)23-19-8-5-4-7-18(19)22-20(23)12-10-16(24)9-11-17-13-21-14-25-17/h4-5,7-15H,3,6H2,1-2H3/b11-9+,12-10+. The molecular weight excluding hydrogens is 330 g/mol. The van der Waals surface area contributed by atoms with Crippen molar-refractivity contribution >= 4 is 40.3 Å². The summed E-state index contributed by atoms with van der Waals surface area (Å²) in [5.74, 6) is 0.761. The first-order valence-corrected chi connectivity index (χ1v) is 9.32. The summed E-state index contributed by atoms with van der Waals surface area (Å²) in [5, 5.41) is 0. The average molecular weight is 351 g/mol. The molecule has 0 aliphatic rings. The molecule has 5 heteroatoms. The van der Waals surface area contributed by atoms with Crippen molar-refractivity contribution in [2.45, 2.75) is 32.7 Å². The minimum absolute atomic E-state index is 0.0600. The third-order valence-electron chi connectivity index (χ3n) is 4.03. The molecule has 128 valence electrons. The van der Waals surface area contributed by atoms with E-state index in [1.54, 1.807) is 29.9 Å². The van der Waals surface area contributed by atoms with Gasteiger partial charge in [-0.05, 0) is 49.8 Å². The largest absolute Gasteiger partial charge is 0.322 e. The Labute approximate surface area is 151 Å². The second kappa shape index (κ2) is 8.03. The van der Waals surface area contributed by atoms with Gasteiger partial charge >= 0.3 is 0 Å². The lowest BCUT2D eigenvalue weighted by molar-refractivity contribution is -0.110. The summed E-state index contributed by atoms with van der Waals surface area (Å²) in [6.07, 6.45) is 10.6. The summed E-state index contributed by atoms with van der Waals surface area (Å²) < 4.78 is 2.22. The maximum atomic E-state index is 12.1. The van der Waals surface area contributed by atoms with E-state index in [0.717, 1.165) is 34.6 Å². The number of carbonyl (C=O) groups excluding carboxylic acids is 1. The molecule has 0 bridgehead atoms. The number of nitrogens with zero attached hydrogens (tertiary/aromatic N) is 3. The normalized spacial score (nSPS) is 13.2. The summed E-state index contributed by atoms with van der Waals surface area (Å²) in [6, 6.07) is 8.43. The zero-order chi connectivity index (χ0) is 17.6. The molecule has 2 heterocycles. The molecule has 3 aromatic rings. The summed E-state index contributed by atoms with van der Waals surface area (Å²) in [7, 11) is 0. The molecular formula is C20H21N3OS. The molecule has 4 nitrogen and oxygen atoms in total. The Balaban J connectivity index is 1.87. The number of ketones is 1. The summed E-state index contributed by atoms with van der Waals surface area (Å²) in [5.41, 5.74) is 3.81. The molecule has 0 spiro atoms. The second-order valence-electron chi connectivity index (χ2n) is 5.94. The van der Waals surface area contributed by atoms with E-state index in [4.69, 9.17) is 0 Å². The maximum absolute atomic E-state index is 12.1. The fourth-order valence-electron chi connectivity index (χ4n) is 2.88. The highest BCUT2D eigenvalue weighted by Gasteiger charge is 2.13. The summed E-state index contributed by atoms with van der Waals surface area (Å²) in [4.78, 5) is 21.8. The van der Waals surface area contributed by atoms with Crippen LogP contribution in [0.4, 0.5) is 0 Å². The molecule has 0 aliphatic heterocycles. The van der Waals surface area contributed by atoms with Gasteiger partial charge in [0.1, 0.15) is 5.82 Å². The Morgan fingerprint density at radius 1 is 1.28 bits per heavy atom. The van der Waals surface area contributed by atoms with E-state index in [0.29, 0.717) is 6.04 Å². The Bertz CT molecular complexity index is 906. The van der Waals surface area contributed by atoms with E-state index in [-0.39, 0.29) is 5.78 Å². The van der Waals surface area contributed by atoms with E-state index < -0.39 is 0 Å². The van der Waals surface area contributed by atoms with Crippen molar-refractivity contribution < 1.29 is 4.79 Å². The van der Waals surface area contributed by atoms with E-state index in [1.807, 2.05) is 24.3 Å². The first kappa shape index (κ1) is 17.3. The molecule has 2 aromatic heterocycles. The topological polar surface area (TPSA) is 47.8 Å². The third kappa shape index (κ3) is 4.12. The third-order valence-corrected chi connectivity index (χ3v) is 4.77. The van der Waals surface area contributed by atoms with Gasteiger partial charge in [-0.25, -0.2) is 4.98 Å². The Morgan fingerprint density at radius 3 is 2.84 bits per heavy atom. The van der Waals surface area contributed by atoms with Gasteiger partial charge in [-0.15, -0.1) is 11.3 Å². The Kier molecular flexibility index (Phi) is 5.56. The number of imidazole rings is 1. The molecule has 0 amide bonds. The molecule has 3 rings (SSSR count). The van der Waals surface area contributed by atoms with E-state index in [2.05, 4.69) is 34.4 Å². The number of para-hydroxylation sites is 2. The van der Waals surface area contributed by atoms with Gasteiger partial charge in [-0.3, -0.25) is 9.78 Å². The van der Waals surface area contributed by atoms with Crippen LogP contribution >= 0.6 is 11.3 Å². The highest BCUT2D eigenvalue weighted by atomic mass is 32.1. The first-order chi connectivity index (χ1) is 12.2. The lowest BCUT2D eigenvalue weighted by Crippen LogP contribution is -2.07. The quantitative estimate of drug-likeness (QED) is 0.553. The first-order valence-electron chi connectivity index (χ1n) is 8.44. The van der Waals surface area contributed by atoms with Crippen LogP contribution in [0.25, 0.3) is 23.2 Å². The molecule has 0 N–H and O–H groups in total. The lowest BCUT2D eigenvalue weighted by atomic mass is 10.2. The number of allylic oxidation sites excluding steroid dienone is 2. The second-order valence-corrected chi connectivity index (χ2v) is 6.86. The number of benzene rings is 1. The van der Waals surface area contributed by atoms with Crippen LogP contribution in [0.1, 0.15) is 43.4 Å². The van der Waals surface area contributed by atoms with Gasteiger partial charge in [0, 0.05) is 17.1 Å². The van der Waals surface area contributed by atoms with Crippen molar-refractivity contribution in [1.82, 2.24) is 14.5 Å². The fraction of sp³-hybridized carbons (Fsp3) is 0.250. The van der Waals surface area contributed by atoms with Crippen LogP contribution in [-0.2, 0) is 4.79 Å². The number of hydrogen-bond acceptors (Lipinski definition) is 4. The van der Waals surface area contributed by atoms with Gasteiger partial charge in [0.15, 0.2) is 5.78 Å². The van der Waals surface area contributed by atoms with E-state index in [9.17, 15) is 4.79 Å². The zero-order valence-corrected chi connectivity index (χ0v) is 15.2. The van der Waals surface area contributed by atoms with Crippen LogP contribution in [0.2, 0.25) is 0 Å². The highest BCUT2D eigenvalue weighted by molar-refractivity contribution is 7.10. The number of hydrogen-bond donors (Lipinski definition) is 0. The molecule has 0 saturated carbocycles. The van der Waals surface area contributed by atoms with Gasteiger partial charge in [-0.1, -0.05) is 25.5 Å². The Morgan fingerprint density at radius 2 is 2.08 bits per heavy atom. The monoisotopic (exact) mass is 351 g/mol. The molecule has 0 saturated heterocycles. The van der Waals surface area contributed by atoms with Crippen molar-refractivity contribution in [1.29, 1.82) is 0 Å². The van der Waals surface area contributed by atoms with Gasteiger partial charge in [0.05, 0.1) is 16.5 Å². The van der Waals surface area contributed by atoms with Crippen LogP contribution < -0.4 is 0 Å². The number of thiazole rings is 1. The SMILES string of the molecule is CCCC(C)n1c(/C=C/C(=O)/C=C/c2cncs2)nc2ccccc21. The fourth-order valence-corrected chi connectivity index (χ4v) is 3.39. The van der Waals surface area contributed by atoms with Crippen molar-refractivity contribution in [2.75, 3.05) is 0 Å². The van der Waals surface area contributed by atoms with Crippen LogP contribution in [0.3, 0.4) is 0 Å². The van der Waals surface area contributed by atoms with Crippen LogP contribution in [0.5, 0.6) is 0 Å². The van der Waals surface area contributed by atoms with Crippen molar-refractivity contribution in [3.05, 3.63) is 58.8 Å². The molecule has 0 fully saturated rings. The molecule has 1 atom stereocenters. The van der Waals surface area contributed by atoms with Crippen molar-refractivity contribution in [3.63, 3.8) is 0 Å². The van der Waals surface area contributed by atoms with Gasteiger partial charge < -0.3 is 4.57 Å². The molecule has 0 radical (unpaired) electrons. The van der Waals surface area contributed by atoms with Crippen LogP contribution in [0, 0.1) is 0 Å². The van der Waals surface area contributed by atoms with Gasteiger partial charge in [-0.2, -0.15) is 0 Å². The smallest absolute Gasteiger partial charge is 0.178 e. The predicted molar refractivity (Wildman–Crippen MR) is 105 cm³/mol. The maximum Gasteiger partial charge on any atom is 0.178 e. The van der Waals surface area contributed by atoms with Crippen LogP contribution in [-0.4, -0.2) is 20.3 Å². The summed E-state index contributed by atoms with van der Waals surface area (Å²) in [6.45, 7) is 4.37. The van der Waals surface area contributed by atoms with E-state index >= 15 is 0 Å². The summed E-state index contributed by atoms with van der Waals surface area (Å²) >= 11 is 1.50. The van der Waals surface area contributed by atoms with Gasteiger partial charge in [0.25, 0.3) is 0 Å². The average Bonchev–Trinajstić information content (AvgIpc) is 3.25. The molecule has 1 aromatic carbocycles. The minimum Gasteiger partial charge on any atom is -0.322 e. The zero-order valence-electron chi connectivity index (χ0n) is 14.4. The molecule has 0 aliphatic carbocycles. The Hall–Kier alpha value is -2.53. The lowest BCUT2D eigenvalue weighted by Gasteiger charge is -2.15. The predicted octanol–water partition coefficient (Wildman–Crippen LogP) is 5.15. The van der Waals surface area contributed by atoms with Crippen molar-refractivity contribution in [3.8, 4) is 0 Å². The molecule has 25 heavy (non-hydrogen) atoms. The molecule has 1 unspecified atom stereocenters. The highest BCUT2D eigenvalue weighted by Crippen LogP contribution is 2.24. The van der Waals surface area contributed by atoms with Crippen molar-refractivity contribution in [2.24, 2.45) is 0 Å².